The van der Waals surface area contributed by atoms with E-state index in [0.717, 1.165) is 6.07 Å². The molecule has 0 bridgehead atoms. The molecule has 1 unspecified atom stereocenters. The quantitative estimate of drug-likeness (QED) is 0.822. The van der Waals surface area contributed by atoms with E-state index in [1.165, 1.54) is 13.2 Å². The Labute approximate surface area is 90.6 Å². The van der Waals surface area contributed by atoms with Gasteiger partial charge in [0.1, 0.15) is 5.75 Å². The summed E-state index contributed by atoms with van der Waals surface area (Å²) in [5.74, 6) is -3.35. The standard InChI is InChI=1S/C10H11F2NO3/c1-16-5-2-6(8(13)4-9(14)15)10(12)7(11)3-5/h2-3,8H,4,13H2,1H3,(H,14,15). The molecule has 1 atom stereocenters. The molecule has 3 N–H and O–H groups in total. The van der Waals surface area contributed by atoms with Crippen LogP contribution in [-0.4, -0.2) is 18.2 Å². The second kappa shape index (κ2) is 4.89. The monoisotopic (exact) mass is 231 g/mol. The normalized spacial score (nSPS) is 12.2. The van der Waals surface area contributed by atoms with Crippen molar-refractivity contribution < 1.29 is 23.4 Å². The number of hydrogen-bond donors (Lipinski definition) is 2. The molecule has 4 nitrogen and oxygen atoms in total. The first-order valence-electron chi connectivity index (χ1n) is 4.46. The predicted octanol–water partition coefficient (Wildman–Crippen LogP) is 1.45. The third-order valence-electron chi connectivity index (χ3n) is 2.06. The summed E-state index contributed by atoms with van der Waals surface area (Å²) < 4.78 is 31.1. The molecular weight excluding hydrogens is 220 g/mol. The molecule has 0 aliphatic carbocycles. The zero-order chi connectivity index (χ0) is 12.3. The lowest BCUT2D eigenvalue weighted by Crippen LogP contribution is -2.17. The Morgan fingerprint density at radius 3 is 2.69 bits per heavy atom. The highest BCUT2D eigenvalue weighted by Gasteiger charge is 2.19. The summed E-state index contributed by atoms with van der Waals surface area (Å²) in [4.78, 5) is 10.4. The molecule has 0 amide bonds. The minimum atomic E-state index is -1.19. The summed E-state index contributed by atoms with van der Waals surface area (Å²) in [7, 11) is 1.29. The van der Waals surface area contributed by atoms with Gasteiger partial charge in [-0.3, -0.25) is 4.79 Å². The highest BCUT2D eigenvalue weighted by atomic mass is 19.2. The molecule has 0 fully saturated rings. The van der Waals surface area contributed by atoms with Crippen molar-refractivity contribution in [2.24, 2.45) is 5.73 Å². The highest BCUT2D eigenvalue weighted by molar-refractivity contribution is 5.68. The van der Waals surface area contributed by atoms with Crippen molar-refractivity contribution in [1.29, 1.82) is 0 Å². The second-order valence-corrected chi connectivity index (χ2v) is 3.22. The Bertz CT molecular complexity index is 409. The molecule has 16 heavy (non-hydrogen) atoms. The molecule has 1 aromatic rings. The molecule has 0 aromatic heterocycles. The van der Waals surface area contributed by atoms with Gasteiger partial charge in [-0.15, -0.1) is 0 Å². The zero-order valence-corrected chi connectivity index (χ0v) is 8.54. The van der Waals surface area contributed by atoms with Crippen LogP contribution >= 0.6 is 0 Å². The number of ether oxygens (including phenoxy) is 1. The summed E-state index contributed by atoms with van der Waals surface area (Å²) in [5.41, 5.74) is 5.24. The van der Waals surface area contributed by atoms with E-state index in [9.17, 15) is 13.6 Å². The summed E-state index contributed by atoms with van der Waals surface area (Å²) in [6, 6.07) is 0.945. The Hall–Kier alpha value is -1.69. The van der Waals surface area contributed by atoms with Crippen molar-refractivity contribution in [1.82, 2.24) is 0 Å². The molecule has 88 valence electrons. The lowest BCUT2D eigenvalue weighted by atomic mass is 10.0. The fourth-order valence-electron chi connectivity index (χ4n) is 1.27. The maximum absolute atomic E-state index is 13.3. The average molecular weight is 231 g/mol. The molecule has 1 rings (SSSR count). The van der Waals surface area contributed by atoms with E-state index < -0.39 is 30.1 Å². The van der Waals surface area contributed by atoms with Crippen molar-refractivity contribution in [3.63, 3.8) is 0 Å². The zero-order valence-electron chi connectivity index (χ0n) is 8.54. The molecular formula is C10H11F2NO3. The summed E-state index contributed by atoms with van der Waals surface area (Å²) >= 11 is 0. The number of rotatable bonds is 4. The SMILES string of the molecule is COc1cc(F)c(F)c(C(N)CC(=O)O)c1. The number of halogens is 2. The van der Waals surface area contributed by atoms with E-state index in [-0.39, 0.29) is 11.3 Å². The van der Waals surface area contributed by atoms with Crippen molar-refractivity contribution >= 4 is 5.97 Å². The van der Waals surface area contributed by atoms with Crippen molar-refractivity contribution in [3.05, 3.63) is 29.3 Å². The largest absolute Gasteiger partial charge is 0.497 e. The number of carbonyl (C=O) groups is 1. The molecule has 0 heterocycles. The van der Waals surface area contributed by atoms with Crippen LogP contribution in [0.3, 0.4) is 0 Å². The first-order chi connectivity index (χ1) is 7.45. The van der Waals surface area contributed by atoms with Gasteiger partial charge in [0.25, 0.3) is 0 Å². The van der Waals surface area contributed by atoms with Crippen LogP contribution in [0.1, 0.15) is 18.0 Å². The predicted molar refractivity (Wildman–Crippen MR) is 52.1 cm³/mol. The van der Waals surface area contributed by atoms with E-state index in [1.54, 1.807) is 0 Å². The van der Waals surface area contributed by atoms with Crippen LogP contribution in [0.15, 0.2) is 12.1 Å². The maximum atomic E-state index is 13.3. The van der Waals surface area contributed by atoms with Gasteiger partial charge >= 0.3 is 5.97 Å². The Balaban J connectivity index is 3.10. The third kappa shape index (κ3) is 2.66. The van der Waals surface area contributed by atoms with Gasteiger partial charge in [0.2, 0.25) is 0 Å². The van der Waals surface area contributed by atoms with Crippen molar-refractivity contribution in [2.45, 2.75) is 12.5 Å². The molecule has 0 saturated heterocycles. The second-order valence-electron chi connectivity index (χ2n) is 3.22. The topological polar surface area (TPSA) is 72.5 Å². The van der Waals surface area contributed by atoms with Gasteiger partial charge < -0.3 is 15.6 Å². The van der Waals surface area contributed by atoms with Gasteiger partial charge in [-0.2, -0.15) is 0 Å². The summed E-state index contributed by atoms with van der Waals surface area (Å²) in [5, 5.41) is 8.50. The minimum absolute atomic E-state index is 0.0924. The van der Waals surface area contributed by atoms with Crippen LogP contribution in [0, 0.1) is 11.6 Å². The molecule has 0 aliphatic heterocycles. The van der Waals surface area contributed by atoms with E-state index in [1.807, 2.05) is 0 Å². The summed E-state index contributed by atoms with van der Waals surface area (Å²) in [6.07, 6.45) is -0.483. The molecule has 0 radical (unpaired) electrons. The number of methoxy groups -OCH3 is 1. The number of aliphatic carboxylic acids is 1. The number of benzene rings is 1. The van der Waals surface area contributed by atoms with Gasteiger partial charge in [-0.25, -0.2) is 8.78 Å². The molecule has 1 aromatic carbocycles. The van der Waals surface area contributed by atoms with Crippen LogP contribution in [-0.2, 0) is 4.79 Å². The van der Waals surface area contributed by atoms with Gasteiger partial charge in [-0.1, -0.05) is 0 Å². The highest BCUT2D eigenvalue weighted by Crippen LogP contribution is 2.25. The van der Waals surface area contributed by atoms with Gasteiger partial charge in [-0.05, 0) is 6.07 Å². The smallest absolute Gasteiger partial charge is 0.305 e. The number of nitrogens with two attached hydrogens (primary N) is 1. The van der Waals surface area contributed by atoms with Crippen molar-refractivity contribution in [2.75, 3.05) is 7.11 Å². The van der Waals surface area contributed by atoms with E-state index >= 15 is 0 Å². The lowest BCUT2D eigenvalue weighted by molar-refractivity contribution is -0.137. The molecule has 0 saturated carbocycles. The molecule has 0 aliphatic rings. The Morgan fingerprint density at radius 2 is 2.19 bits per heavy atom. The number of carboxylic acids is 1. The average Bonchev–Trinajstić information content (AvgIpc) is 2.20. The van der Waals surface area contributed by atoms with Crippen LogP contribution < -0.4 is 10.5 Å². The Morgan fingerprint density at radius 1 is 1.56 bits per heavy atom. The van der Waals surface area contributed by atoms with E-state index in [4.69, 9.17) is 15.6 Å². The lowest BCUT2D eigenvalue weighted by Gasteiger charge is -2.12. The first kappa shape index (κ1) is 12.4. The third-order valence-corrected chi connectivity index (χ3v) is 2.06. The van der Waals surface area contributed by atoms with Crippen LogP contribution in [0.25, 0.3) is 0 Å². The summed E-state index contributed by atoms with van der Waals surface area (Å²) in [6.45, 7) is 0. The fourth-order valence-corrected chi connectivity index (χ4v) is 1.27. The molecule has 6 heteroatoms. The van der Waals surface area contributed by atoms with Gasteiger partial charge in [0.05, 0.1) is 13.5 Å². The first-order valence-corrected chi connectivity index (χ1v) is 4.46. The van der Waals surface area contributed by atoms with E-state index in [2.05, 4.69) is 0 Å². The number of carboxylic acid groups (broad SMARTS) is 1. The minimum Gasteiger partial charge on any atom is -0.497 e. The van der Waals surface area contributed by atoms with Crippen LogP contribution in [0.4, 0.5) is 8.78 Å². The van der Waals surface area contributed by atoms with Gasteiger partial charge in [0.15, 0.2) is 11.6 Å². The Kier molecular flexibility index (Phi) is 3.78. The van der Waals surface area contributed by atoms with E-state index in [0.29, 0.717) is 0 Å². The van der Waals surface area contributed by atoms with Gasteiger partial charge in [0, 0.05) is 17.7 Å². The fraction of sp³-hybridized carbons (Fsp3) is 0.300. The van der Waals surface area contributed by atoms with Crippen LogP contribution in [0.5, 0.6) is 5.75 Å². The van der Waals surface area contributed by atoms with Crippen molar-refractivity contribution in [3.8, 4) is 5.75 Å². The molecule has 0 spiro atoms. The number of hydrogen-bond acceptors (Lipinski definition) is 3. The van der Waals surface area contributed by atoms with Crippen LogP contribution in [0.2, 0.25) is 0 Å². The maximum Gasteiger partial charge on any atom is 0.305 e.